The highest BCUT2D eigenvalue weighted by Gasteiger charge is 2.18. The van der Waals surface area contributed by atoms with E-state index < -0.39 is 24.0 Å². The average molecular weight is 309 g/mol. The summed E-state index contributed by atoms with van der Waals surface area (Å²) >= 11 is 0. The van der Waals surface area contributed by atoms with Gasteiger partial charge in [0.15, 0.2) is 7.85 Å². The largest absolute Gasteiger partial charge is 0.465 e. The minimum absolute atomic E-state index is 0.0387. The van der Waals surface area contributed by atoms with Crippen molar-refractivity contribution >= 4 is 19.8 Å². The summed E-state index contributed by atoms with van der Waals surface area (Å²) in [6, 6.07) is 4.08. The molecular formula is C14H20BNO6. The van der Waals surface area contributed by atoms with E-state index in [1.54, 1.807) is 20.8 Å². The number of hydrogen-bond acceptors (Lipinski definition) is 7. The molecule has 1 rings (SSSR count). The van der Waals surface area contributed by atoms with Gasteiger partial charge in [0.2, 0.25) is 0 Å². The number of aromatic nitrogens is 1. The molecule has 0 radical (unpaired) electrons. The van der Waals surface area contributed by atoms with E-state index in [1.807, 2.05) is 0 Å². The van der Waals surface area contributed by atoms with Crippen LogP contribution < -0.4 is 0 Å². The molecule has 0 fully saturated rings. The van der Waals surface area contributed by atoms with E-state index in [4.69, 9.17) is 18.9 Å². The maximum Gasteiger partial charge on any atom is 0.357 e. The van der Waals surface area contributed by atoms with E-state index in [9.17, 15) is 9.59 Å². The maximum absolute atomic E-state index is 11.9. The number of pyridine rings is 1. The molecule has 0 aliphatic carbocycles. The molecule has 0 N–H and O–H groups in total. The van der Waals surface area contributed by atoms with Crippen LogP contribution in [0, 0.1) is 0 Å². The Morgan fingerprint density at radius 3 is 2.18 bits per heavy atom. The van der Waals surface area contributed by atoms with Gasteiger partial charge < -0.3 is 18.9 Å². The summed E-state index contributed by atoms with van der Waals surface area (Å²) in [5, 5.41) is 0. The van der Waals surface area contributed by atoms with Crippen molar-refractivity contribution in [3.8, 4) is 0 Å². The fraction of sp³-hybridized carbons (Fsp3) is 0.500. The number of methoxy groups -OCH3 is 2. The second-order valence-electron chi connectivity index (χ2n) is 4.75. The van der Waals surface area contributed by atoms with Gasteiger partial charge in [0.1, 0.15) is 17.5 Å². The minimum Gasteiger partial charge on any atom is -0.465 e. The first-order valence-corrected chi connectivity index (χ1v) is 6.84. The molecule has 0 aliphatic heterocycles. The first kappa shape index (κ1) is 18.1. The molecule has 1 aromatic heterocycles. The second kappa shape index (κ2) is 9.17. The van der Waals surface area contributed by atoms with E-state index in [0.29, 0.717) is 0 Å². The van der Waals surface area contributed by atoms with E-state index >= 15 is 0 Å². The molecule has 0 amide bonds. The van der Waals surface area contributed by atoms with Gasteiger partial charge in [-0.3, -0.25) is 0 Å². The predicted octanol–water partition coefficient (Wildman–Crippen LogP) is 0.0357. The van der Waals surface area contributed by atoms with Crippen molar-refractivity contribution in [1.82, 2.24) is 4.98 Å². The standard InChI is InChI=1S/C14H20BNO6/c1-9(7-19-2)21-13(17)10-5-4-6-11(16-10)14(18)22-12(15)8-20-3/h4-6,9,12H,7-8,15H2,1-3H3/t9-,12+/m1/s1. The van der Waals surface area contributed by atoms with Gasteiger partial charge in [0.25, 0.3) is 0 Å². The molecule has 0 saturated heterocycles. The summed E-state index contributed by atoms with van der Waals surface area (Å²) in [6.07, 6.45) is -0.406. The molecule has 22 heavy (non-hydrogen) atoms. The van der Waals surface area contributed by atoms with Crippen LogP contribution in [0.4, 0.5) is 0 Å². The lowest BCUT2D eigenvalue weighted by Crippen LogP contribution is -2.24. The van der Waals surface area contributed by atoms with Crippen LogP contribution in [-0.4, -0.2) is 64.3 Å². The van der Waals surface area contributed by atoms with Crippen molar-refractivity contribution in [2.24, 2.45) is 0 Å². The Hall–Kier alpha value is -1.93. The molecule has 1 aromatic rings. The summed E-state index contributed by atoms with van der Waals surface area (Å²) in [4.78, 5) is 27.8. The van der Waals surface area contributed by atoms with Crippen LogP contribution in [0.3, 0.4) is 0 Å². The lowest BCUT2D eigenvalue weighted by atomic mass is 10.0. The van der Waals surface area contributed by atoms with Crippen molar-refractivity contribution < 1.29 is 28.5 Å². The Morgan fingerprint density at radius 2 is 1.64 bits per heavy atom. The van der Waals surface area contributed by atoms with Crippen LogP contribution in [0.25, 0.3) is 0 Å². The molecule has 1 heterocycles. The summed E-state index contributed by atoms with van der Waals surface area (Å²) in [7, 11) is 4.73. The number of esters is 2. The smallest absolute Gasteiger partial charge is 0.357 e. The van der Waals surface area contributed by atoms with Crippen LogP contribution in [0.1, 0.15) is 27.9 Å². The molecule has 7 nitrogen and oxygen atoms in total. The van der Waals surface area contributed by atoms with Gasteiger partial charge in [0, 0.05) is 14.2 Å². The molecule has 0 spiro atoms. The Morgan fingerprint density at radius 1 is 1.09 bits per heavy atom. The van der Waals surface area contributed by atoms with E-state index in [1.165, 1.54) is 26.4 Å². The van der Waals surface area contributed by atoms with Gasteiger partial charge >= 0.3 is 11.9 Å². The van der Waals surface area contributed by atoms with Crippen molar-refractivity contribution in [3.63, 3.8) is 0 Å². The average Bonchev–Trinajstić information content (AvgIpc) is 2.47. The maximum atomic E-state index is 11.9. The third-order valence-electron chi connectivity index (χ3n) is 2.59. The zero-order valence-corrected chi connectivity index (χ0v) is 13.2. The lowest BCUT2D eigenvalue weighted by molar-refractivity contribution is 0.0114. The van der Waals surface area contributed by atoms with Gasteiger partial charge in [0.05, 0.1) is 19.2 Å². The van der Waals surface area contributed by atoms with E-state index in [-0.39, 0.29) is 24.6 Å². The third-order valence-corrected chi connectivity index (χ3v) is 2.59. The lowest BCUT2D eigenvalue weighted by Gasteiger charge is -2.13. The second-order valence-corrected chi connectivity index (χ2v) is 4.75. The van der Waals surface area contributed by atoms with Crippen LogP contribution in [-0.2, 0) is 18.9 Å². The zero-order valence-electron chi connectivity index (χ0n) is 13.2. The van der Waals surface area contributed by atoms with Crippen LogP contribution in [0.2, 0.25) is 0 Å². The first-order valence-electron chi connectivity index (χ1n) is 6.84. The van der Waals surface area contributed by atoms with Gasteiger partial charge in [-0.25, -0.2) is 14.6 Å². The van der Waals surface area contributed by atoms with Crippen molar-refractivity contribution in [2.75, 3.05) is 27.4 Å². The molecule has 0 saturated carbocycles. The summed E-state index contributed by atoms with van der Waals surface area (Å²) < 4.78 is 20.0. The Bertz CT molecular complexity index is 469. The fourth-order valence-corrected chi connectivity index (χ4v) is 1.69. The van der Waals surface area contributed by atoms with Crippen molar-refractivity contribution in [2.45, 2.75) is 19.0 Å². The fourth-order valence-electron chi connectivity index (χ4n) is 1.69. The highest BCUT2D eigenvalue weighted by molar-refractivity contribution is 6.12. The number of nitrogens with zero attached hydrogens (tertiary/aromatic N) is 1. The highest BCUT2D eigenvalue weighted by Crippen LogP contribution is 2.06. The molecular weight excluding hydrogens is 289 g/mol. The predicted molar refractivity (Wildman–Crippen MR) is 80.6 cm³/mol. The van der Waals surface area contributed by atoms with Crippen LogP contribution >= 0.6 is 0 Å². The first-order chi connectivity index (χ1) is 10.5. The molecule has 120 valence electrons. The van der Waals surface area contributed by atoms with Gasteiger partial charge in [-0.2, -0.15) is 0 Å². The van der Waals surface area contributed by atoms with E-state index in [2.05, 4.69) is 4.98 Å². The van der Waals surface area contributed by atoms with Gasteiger partial charge in [-0.15, -0.1) is 0 Å². The molecule has 0 aliphatic rings. The molecule has 8 heteroatoms. The van der Waals surface area contributed by atoms with E-state index in [0.717, 1.165) is 0 Å². The highest BCUT2D eigenvalue weighted by atomic mass is 16.6. The quantitative estimate of drug-likeness (QED) is 0.495. The Balaban J connectivity index is 2.72. The monoisotopic (exact) mass is 309 g/mol. The number of carbonyl (C=O) groups excluding carboxylic acids is 2. The number of hydrogen-bond donors (Lipinski definition) is 0. The van der Waals surface area contributed by atoms with Crippen molar-refractivity contribution in [1.29, 1.82) is 0 Å². The Kier molecular flexibility index (Phi) is 7.55. The summed E-state index contributed by atoms with van der Waals surface area (Å²) in [6.45, 7) is 2.26. The Labute approximate surface area is 130 Å². The van der Waals surface area contributed by atoms with Crippen LogP contribution in [0.15, 0.2) is 18.2 Å². The van der Waals surface area contributed by atoms with Gasteiger partial charge in [-0.05, 0) is 19.1 Å². The van der Waals surface area contributed by atoms with Crippen LogP contribution in [0.5, 0.6) is 0 Å². The zero-order chi connectivity index (χ0) is 16.5. The number of ether oxygens (including phenoxy) is 4. The van der Waals surface area contributed by atoms with Gasteiger partial charge in [-0.1, -0.05) is 6.07 Å². The number of rotatable bonds is 8. The molecule has 0 bridgehead atoms. The third kappa shape index (κ3) is 5.83. The normalized spacial score (nSPS) is 13.2. The number of carbonyl (C=O) groups is 2. The minimum atomic E-state index is -0.621. The van der Waals surface area contributed by atoms with Crippen molar-refractivity contribution in [3.05, 3.63) is 29.6 Å². The molecule has 0 aromatic carbocycles. The molecule has 0 unspecified atom stereocenters. The summed E-state index contributed by atoms with van der Waals surface area (Å²) in [5.74, 6) is -1.24. The topological polar surface area (TPSA) is 84.0 Å². The summed E-state index contributed by atoms with van der Waals surface area (Å²) in [5.41, 5.74) is 0.0774. The molecule has 2 atom stereocenters. The SMILES string of the molecule is B[C@H](COC)OC(=O)c1cccc(C(=O)O[C@H](C)COC)n1.